The number of hydrogen-bond donors (Lipinski definition) is 5. The predicted octanol–water partition coefficient (Wildman–Crippen LogP) is 0.338. The van der Waals surface area contributed by atoms with Crippen molar-refractivity contribution in [1.82, 2.24) is 16.0 Å². The third-order valence-corrected chi connectivity index (χ3v) is 4.24. The molecule has 4 amide bonds. The number of carboxylic acid groups (broad SMARTS) is 1. The van der Waals surface area contributed by atoms with Crippen LogP contribution in [0.15, 0.2) is 29.4 Å². The van der Waals surface area contributed by atoms with E-state index in [1.807, 2.05) is 5.32 Å². The van der Waals surface area contributed by atoms with Crippen LogP contribution in [-0.4, -0.2) is 74.5 Å². The van der Waals surface area contributed by atoms with Gasteiger partial charge >= 0.3 is 6.09 Å². The first kappa shape index (κ1) is 28.2. The van der Waals surface area contributed by atoms with E-state index in [9.17, 15) is 19.2 Å². The summed E-state index contributed by atoms with van der Waals surface area (Å²) < 4.78 is 10.7. The molecule has 186 valence electrons. The van der Waals surface area contributed by atoms with Crippen molar-refractivity contribution in [1.29, 1.82) is 0 Å². The van der Waals surface area contributed by atoms with Crippen molar-refractivity contribution in [3.8, 4) is 0 Å². The summed E-state index contributed by atoms with van der Waals surface area (Å²) >= 11 is 0. The number of nitrogens with two attached hydrogens (primary N) is 1. The van der Waals surface area contributed by atoms with Gasteiger partial charge in [-0.05, 0) is 17.5 Å². The molecule has 0 saturated heterocycles. The van der Waals surface area contributed by atoms with Gasteiger partial charge in [0.15, 0.2) is 0 Å². The standard InChI is InChI=1S/C20H29N7O7/c21-17(28)6-5-16(25-20(31)32)19(30)24-8-10-34-12-11-33-9-7-23-18(29)13-14-1-3-15(4-2-14)26-27-22/h1-4,16,25H,5-13H2,(H2,21,28)(H,23,29)(H,24,30)(H,31,32). The van der Waals surface area contributed by atoms with Crippen molar-refractivity contribution in [2.24, 2.45) is 10.8 Å². The topological polar surface area (TPSA) is 218 Å². The summed E-state index contributed by atoms with van der Waals surface area (Å²) in [5.74, 6) is -1.38. The molecule has 1 aromatic carbocycles. The van der Waals surface area contributed by atoms with E-state index in [0.29, 0.717) is 18.8 Å². The number of hydrogen-bond acceptors (Lipinski definition) is 7. The second-order valence-corrected chi connectivity index (χ2v) is 6.91. The maximum atomic E-state index is 12.0. The van der Waals surface area contributed by atoms with E-state index in [1.165, 1.54) is 0 Å². The Hall–Kier alpha value is -3.87. The molecule has 0 aliphatic rings. The molecular formula is C20H29N7O7. The van der Waals surface area contributed by atoms with Crippen LogP contribution >= 0.6 is 0 Å². The van der Waals surface area contributed by atoms with E-state index in [0.717, 1.165) is 5.56 Å². The first-order valence-corrected chi connectivity index (χ1v) is 10.4. The van der Waals surface area contributed by atoms with E-state index < -0.39 is 23.9 Å². The Morgan fingerprint density at radius 3 is 2.21 bits per heavy atom. The number of nitrogens with zero attached hydrogens (tertiary/aromatic N) is 3. The maximum Gasteiger partial charge on any atom is 0.405 e. The van der Waals surface area contributed by atoms with Crippen LogP contribution in [0.25, 0.3) is 10.4 Å². The van der Waals surface area contributed by atoms with E-state index >= 15 is 0 Å². The van der Waals surface area contributed by atoms with Gasteiger partial charge in [-0.3, -0.25) is 14.4 Å². The first-order chi connectivity index (χ1) is 16.3. The van der Waals surface area contributed by atoms with Crippen molar-refractivity contribution in [2.75, 3.05) is 39.5 Å². The van der Waals surface area contributed by atoms with Crippen LogP contribution in [0.2, 0.25) is 0 Å². The number of carbonyl (C=O) groups is 4. The average molecular weight is 479 g/mol. The molecule has 0 heterocycles. The Morgan fingerprint density at radius 2 is 1.65 bits per heavy atom. The second kappa shape index (κ2) is 16.7. The summed E-state index contributed by atoms with van der Waals surface area (Å²) in [7, 11) is 0. The average Bonchev–Trinajstić information content (AvgIpc) is 2.78. The van der Waals surface area contributed by atoms with E-state index in [1.54, 1.807) is 24.3 Å². The molecule has 6 N–H and O–H groups in total. The highest BCUT2D eigenvalue weighted by molar-refractivity contribution is 5.86. The van der Waals surface area contributed by atoms with Crippen molar-refractivity contribution in [3.05, 3.63) is 40.3 Å². The molecule has 34 heavy (non-hydrogen) atoms. The number of ether oxygens (including phenoxy) is 2. The monoisotopic (exact) mass is 479 g/mol. The molecule has 0 aliphatic heterocycles. The van der Waals surface area contributed by atoms with Crippen molar-refractivity contribution >= 4 is 29.5 Å². The summed E-state index contributed by atoms with van der Waals surface area (Å²) in [6.07, 6.45) is -1.35. The normalized spacial score (nSPS) is 11.1. The Bertz CT molecular complexity index is 857. The Kier molecular flexibility index (Phi) is 13.8. The first-order valence-electron chi connectivity index (χ1n) is 10.4. The largest absolute Gasteiger partial charge is 0.465 e. The molecule has 1 unspecified atom stereocenters. The van der Waals surface area contributed by atoms with Gasteiger partial charge < -0.3 is 36.3 Å². The van der Waals surface area contributed by atoms with E-state index in [2.05, 4.69) is 20.7 Å². The number of rotatable bonds is 17. The molecule has 1 atom stereocenters. The fourth-order valence-corrected chi connectivity index (χ4v) is 2.64. The highest BCUT2D eigenvalue weighted by atomic mass is 16.5. The zero-order valence-corrected chi connectivity index (χ0v) is 18.6. The van der Waals surface area contributed by atoms with Crippen LogP contribution in [0.1, 0.15) is 18.4 Å². The van der Waals surface area contributed by atoms with Gasteiger partial charge in [-0.2, -0.15) is 0 Å². The lowest BCUT2D eigenvalue weighted by atomic mass is 10.1. The molecule has 0 aromatic heterocycles. The van der Waals surface area contributed by atoms with E-state index in [-0.39, 0.29) is 51.5 Å². The van der Waals surface area contributed by atoms with Gasteiger partial charge in [0.2, 0.25) is 17.7 Å². The number of amides is 4. The summed E-state index contributed by atoms with van der Waals surface area (Å²) in [5, 5.41) is 19.5. The smallest absolute Gasteiger partial charge is 0.405 e. The summed E-state index contributed by atoms with van der Waals surface area (Å²) in [4.78, 5) is 48.2. The fourth-order valence-electron chi connectivity index (χ4n) is 2.64. The van der Waals surface area contributed by atoms with Crippen LogP contribution in [0.4, 0.5) is 10.5 Å². The Labute approximate surface area is 195 Å². The van der Waals surface area contributed by atoms with Crippen LogP contribution in [0, 0.1) is 0 Å². The Morgan fingerprint density at radius 1 is 1.03 bits per heavy atom. The zero-order valence-electron chi connectivity index (χ0n) is 18.6. The molecule has 14 heteroatoms. The SMILES string of the molecule is [N-]=[N+]=Nc1ccc(CC(=O)NCCOCCOCCNC(=O)C(CCC(N)=O)NC(=O)O)cc1. The van der Waals surface area contributed by atoms with Crippen LogP contribution in [0.3, 0.4) is 0 Å². The van der Waals surface area contributed by atoms with Crippen LogP contribution < -0.4 is 21.7 Å². The minimum atomic E-state index is -1.38. The molecule has 0 spiro atoms. The number of nitrogens with one attached hydrogen (secondary N) is 3. The third-order valence-electron chi connectivity index (χ3n) is 4.24. The molecule has 0 aliphatic carbocycles. The molecule has 0 bridgehead atoms. The molecule has 0 fully saturated rings. The lowest BCUT2D eigenvalue weighted by Gasteiger charge is -2.16. The van der Waals surface area contributed by atoms with Gasteiger partial charge in [-0.25, -0.2) is 4.79 Å². The zero-order chi connectivity index (χ0) is 25.2. The maximum absolute atomic E-state index is 12.0. The number of azide groups is 1. The molecule has 1 rings (SSSR count). The quantitative estimate of drug-likeness (QED) is 0.0911. The number of benzene rings is 1. The van der Waals surface area contributed by atoms with Gasteiger partial charge in [-0.15, -0.1) is 0 Å². The predicted molar refractivity (Wildman–Crippen MR) is 120 cm³/mol. The summed E-state index contributed by atoms with van der Waals surface area (Å²) in [6, 6.07) is 5.60. The van der Waals surface area contributed by atoms with Crippen molar-refractivity contribution < 1.29 is 33.8 Å². The van der Waals surface area contributed by atoms with Gasteiger partial charge in [0.25, 0.3) is 0 Å². The Balaban J connectivity index is 2.07. The van der Waals surface area contributed by atoms with Crippen LogP contribution in [-0.2, 0) is 30.3 Å². The van der Waals surface area contributed by atoms with Gasteiger partial charge in [0.1, 0.15) is 6.04 Å². The molecule has 0 radical (unpaired) electrons. The van der Waals surface area contributed by atoms with Gasteiger partial charge in [0.05, 0.1) is 32.8 Å². The third kappa shape index (κ3) is 13.5. The van der Waals surface area contributed by atoms with E-state index in [4.69, 9.17) is 25.8 Å². The van der Waals surface area contributed by atoms with Gasteiger partial charge in [0, 0.05) is 30.1 Å². The van der Waals surface area contributed by atoms with Crippen molar-refractivity contribution in [2.45, 2.75) is 25.3 Å². The minimum Gasteiger partial charge on any atom is -0.465 e. The molecule has 0 saturated carbocycles. The number of carbonyl (C=O) groups excluding carboxylic acids is 3. The highest BCUT2D eigenvalue weighted by Crippen LogP contribution is 2.13. The minimum absolute atomic E-state index is 0.0393. The van der Waals surface area contributed by atoms with Crippen molar-refractivity contribution in [3.63, 3.8) is 0 Å². The summed E-state index contributed by atoms with van der Waals surface area (Å²) in [6.45, 7) is 1.50. The lowest BCUT2D eigenvalue weighted by molar-refractivity contribution is -0.124. The summed E-state index contributed by atoms with van der Waals surface area (Å²) in [5.41, 5.74) is 14.6. The fraction of sp³-hybridized carbons (Fsp3) is 0.500. The molecule has 1 aromatic rings. The molecular weight excluding hydrogens is 450 g/mol. The van der Waals surface area contributed by atoms with Crippen LogP contribution in [0.5, 0.6) is 0 Å². The molecule has 14 nitrogen and oxygen atoms in total. The lowest BCUT2D eigenvalue weighted by Crippen LogP contribution is -2.47. The second-order valence-electron chi connectivity index (χ2n) is 6.91. The number of primary amides is 1. The highest BCUT2D eigenvalue weighted by Gasteiger charge is 2.20. The van der Waals surface area contributed by atoms with Gasteiger partial charge in [-0.1, -0.05) is 29.4 Å².